The predicted molar refractivity (Wildman–Crippen MR) is 78.0 cm³/mol. The Hall–Kier alpha value is -1.65. The summed E-state index contributed by atoms with van der Waals surface area (Å²) in [6.07, 6.45) is 0. The van der Waals surface area contributed by atoms with Crippen molar-refractivity contribution in [2.24, 2.45) is 5.73 Å². The maximum Gasteiger partial charge on any atom is 0.188 e. The van der Waals surface area contributed by atoms with Crippen LogP contribution in [0.1, 0.15) is 32.4 Å². The highest BCUT2D eigenvalue weighted by molar-refractivity contribution is 7.10. The fourth-order valence-electron chi connectivity index (χ4n) is 2.01. The van der Waals surface area contributed by atoms with Gasteiger partial charge in [-0.2, -0.15) is 0 Å². The molecule has 2 aromatic rings. The predicted octanol–water partition coefficient (Wildman–Crippen LogP) is 3.26. The van der Waals surface area contributed by atoms with E-state index in [0.29, 0.717) is 11.3 Å². The average Bonchev–Trinajstić information content (AvgIpc) is 2.94. The Morgan fingerprint density at radius 1 is 1.32 bits per heavy atom. The monoisotopic (exact) mass is 275 g/mol. The first-order valence-electron chi connectivity index (χ1n) is 6.03. The molecule has 0 saturated heterocycles. The molecule has 0 bridgehead atoms. The van der Waals surface area contributed by atoms with Crippen LogP contribution < -0.4 is 10.5 Å². The van der Waals surface area contributed by atoms with Crippen molar-refractivity contribution in [1.29, 1.82) is 0 Å². The molecule has 0 aliphatic rings. The lowest BCUT2D eigenvalue weighted by molar-refractivity contribution is 0.0959. The zero-order chi connectivity index (χ0) is 14.0. The summed E-state index contributed by atoms with van der Waals surface area (Å²) < 4.78 is 5.37. The molecule has 0 aliphatic heterocycles. The highest BCUT2D eigenvalue weighted by atomic mass is 32.1. The van der Waals surface area contributed by atoms with Gasteiger partial charge in [0.15, 0.2) is 5.78 Å². The summed E-state index contributed by atoms with van der Waals surface area (Å²) in [5.41, 5.74) is 8.65. The van der Waals surface area contributed by atoms with E-state index >= 15 is 0 Å². The van der Waals surface area contributed by atoms with Gasteiger partial charge in [0.1, 0.15) is 11.8 Å². The molecular formula is C15H17NO2S. The number of carbonyl (C=O) groups excluding carboxylic acids is 1. The van der Waals surface area contributed by atoms with Crippen LogP contribution in [0.2, 0.25) is 0 Å². The quantitative estimate of drug-likeness (QED) is 0.871. The van der Waals surface area contributed by atoms with E-state index in [1.165, 1.54) is 11.3 Å². The van der Waals surface area contributed by atoms with Gasteiger partial charge in [-0.3, -0.25) is 4.79 Å². The normalized spacial score (nSPS) is 12.2. The van der Waals surface area contributed by atoms with Crippen LogP contribution in [0.5, 0.6) is 5.75 Å². The first-order chi connectivity index (χ1) is 9.06. The molecule has 1 heterocycles. The van der Waals surface area contributed by atoms with Crippen LogP contribution in [0, 0.1) is 13.8 Å². The van der Waals surface area contributed by atoms with E-state index in [9.17, 15) is 4.79 Å². The van der Waals surface area contributed by atoms with E-state index in [-0.39, 0.29) is 5.78 Å². The maximum absolute atomic E-state index is 12.5. The van der Waals surface area contributed by atoms with Gasteiger partial charge in [0.25, 0.3) is 0 Å². The van der Waals surface area contributed by atoms with Crippen molar-refractivity contribution in [3.05, 3.63) is 51.2 Å². The summed E-state index contributed by atoms with van der Waals surface area (Å²) >= 11 is 1.49. The Morgan fingerprint density at radius 3 is 2.63 bits per heavy atom. The summed E-state index contributed by atoms with van der Waals surface area (Å²) in [4.78, 5) is 13.4. The molecule has 1 atom stereocenters. The lowest BCUT2D eigenvalue weighted by atomic mass is 9.97. The average molecular weight is 275 g/mol. The second kappa shape index (κ2) is 5.55. The summed E-state index contributed by atoms with van der Waals surface area (Å²) in [6, 6.07) is 6.85. The fourth-order valence-corrected chi connectivity index (χ4v) is 2.74. The molecule has 3 nitrogen and oxygen atoms in total. The first kappa shape index (κ1) is 13.8. The van der Waals surface area contributed by atoms with Crippen molar-refractivity contribution in [2.75, 3.05) is 7.11 Å². The Balaban J connectivity index is 2.42. The number of hydrogen-bond acceptors (Lipinski definition) is 4. The van der Waals surface area contributed by atoms with Crippen LogP contribution in [0.15, 0.2) is 29.6 Å². The fraction of sp³-hybridized carbons (Fsp3) is 0.267. The lowest BCUT2D eigenvalue weighted by Gasteiger charge is -2.15. The second-order valence-corrected chi connectivity index (χ2v) is 5.42. The summed E-state index contributed by atoms with van der Waals surface area (Å²) in [5.74, 6) is 0.513. The van der Waals surface area contributed by atoms with Crippen molar-refractivity contribution >= 4 is 17.1 Å². The molecule has 0 aliphatic carbocycles. The van der Waals surface area contributed by atoms with Crippen molar-refractivity contribution in [2.45, 2.75) is 19.9 Å². The van der Waals surface area contributed by atoms with Gasteiger partial charge < -0.3 is 10.5 Å². The van der Waals surface area contributed by atoms with Crippen LogP contribution in [-0.2, 0) is 0 Å². The van der Waals surface area contributed by atoms with Gasteiger partial charge in [-0.15, -0.1) is 11.3 Å². The summed E-state index contributed by atoms with van der Waals surface area (Å²) in [6.45, 7) is 3.94. The molecule has 1 aromatic carbocycles. The van der Waals surface area contributed by atoms with Gasteiger partial charge in [0, 0.05) is 4.88 Å². The number of carbonyl (C=O) groups is 1. The molecule has 2 N–H and O–H groups in total. The third-order valence-electron chi connectivity index (χ3n) is 3.28. The standard InChI is InChI=1S/C15H17NO2S/c1-9-6-7-11(15(18-3)10(9)2)14(17)13(16)12-5-4-8-19-12/h4-8,13H,16H2,1-3H3. The number of thiophene rings is 1. The van der Waals surface area contributed by atoms with Crippen LogP contribution in [-0.4, -0.2) is 12.9 Å². The molecule has 0 fully saturated rings. The van der Waals surface area contributed by atoms with E-state index in [4.69, 9.17) is 10.5 Å². The van der Waals surface area contributed by atoms with E-state index in [2.05, 4.69) is 0 Å². The van der Waals surface area contributed by atoms with Gasteiger partial charge >= 0.3 is 0 Å². The van der Waals surface area contributed by atoms with E-state index in [1.807, 2.05) is 37.4 Å². The molecule has 100 valence electrons. The zero-order valence-electron chi connectivity index (χ0n) is 11.3. The van der Waals surface area contributed by atoms with E-state index < -0.39 is 6.04 Å². The van der Waals surface area contributed by atoms with Crippen molar-refractivity contribution in [3.8, 4) is 5.75 Å². The minimum Gasteiger partial charge on any atom is -0.496 e. The number of benzene rings is 1. The maximum atomic E-state index is 12.5. The highest BCUT2D eigenvalue weighted by Crippen LogP contribution is 2.30. The Kier molecular flexibility index (Phi) is 4.02. The highest BCUT2D eigenvalue weighted by Gasteiger charge is 2.23. The molecule has 0 amide bonds. The zero-order valence-corrected chi connectivity index (χ0v) is 12.1. The topological polar surface area (TPSA) is 52.3 Å². The largest absolute Gasteiger partial charge is 0.496 e. The van der Waals surface area contributed by atoms with Crippen LogP contribution in [0.3, 0.4) is 0 Å². The second-order valence-electron chi connectivity index (χ2n) is 4.45. The van der Waals surface area contributed by atoms with E-state index in [0.717, 1.165) is 16.0 Å². The number of nitrogens with two attached hydrogens (primary N) is 1. The third-order valence-corrected chi connectivity index (χ3v) is 4.23. The van der Waals surface area contributed by atoms with Gasteiger partial charge in [-0.05, 0) is 42.5 Å². The minimum atomic E-state index is -0.629. The number of rotatable bonds is 4. The minimum absolute atomic E-state index is 0.109. The van der Waals surface area contributed by atoms with Crippen molar-refractivity contribution in [3.63, 3.8) is 0 Å². The van der Waals surface area contributed by atoms with Gasteiger partial charge in [-0.1, -0.05) is 12.1 Å². The van der Waals surface area contributed by atoms with Gasteiger partial charge in [0.2, 0.25) is 0 Å². The molecule has 0 radical (unpaired) electrons. The molecule has 19 heavy (non-hydrogen) atoms. The Labute approximate surface area is 117 Å². The number of ketones is 1. The molecule has 0 saturated carbocycles. The summed E-state index contributed by atoms with van der Waals surface area (Å²) in [5, 5.41) is 1.92. The number of methoxy groups -OCH3 is 1. The Morgan fingerprint density at radius 2 is 2.05 bits per heavy atom. The molecule has 0 spiro atoms. The Bertz CT molecular complexity index is 590. The van der Waals surface area contributed by atoms with Crippen molar-refractivity contribution < 1.29 is 9.53 Å². The van der Waals surface area contributed by atoms with Crippen LogP contribution in [0.25, 0.3) is 0 Å². The number of aryl methyl sites for hydroxylation is 1. The van der Waals surface area contributed by atoms with E-state index in [1.54, 1.807) is 13.2 Å². The number of hydrogen-bond donors (Lipinski definition) is 1. The first-order valence-corrected chi connectivity index (χ1v) is 6.91. The lowest BCUT2D eigenvalue weighted by Crippen LogP contribution is -2.21. The molecule has 4 heteroatoms. The van der Waals surface area contributed by atoms with Gasteiger partial charge in [-0.25, -0.2) is 0 Å². The van der Waals surface area contributed by atoms with Crippen LogP contribution in [0.4, 0.5) is 0 Å². The summed E-state index contributed by atoms with van der Waals surface area (Å²) in [7, 11) is 1.58. The smallest absolute Gasteiger partial charge is 0.188 e. The molecule has 2 rings (SSSR count). The van der Waals surface area contributed by atoms with Crippen LogP contribution >= 0.6 is 11.3 Å². The molecule has 1 unspecified atom stereocenters. The molecular weight excluding hydrogens is 258 g/mol. The third kappa shape index (κ3) is 2.55. The number of ether oxygens (including phenoxy) is 1. The van der Waals surface area contributed by atoms with Crippen molar-refractivity contribution in [1.82, 2.24) is 0 Å². The SMILES string of the molecule is COc1c(C(=O)C(N)c2cccs2)ccc(C)c1C. The van der Waals surface area contributed by atoms with Gasteiger partial charge in [0.05, 0.1) is 12.7 Å². The molecule has 1 aromatic heterocycles. The number of Topliss-reactive ketones (excluding diaryl/α,β-unsaturated/α-hetero) is 1.